The van der Waals surface area contributed by atoms with E-state index in [4.69, 9.17) is 4.74 Å². The number of esters is 1. The Labute approximate surface area is 129 Å². The van der Waals surface area contributed by atoms with Crippen LogP contribution in [-0.2, 0) is 24.2 Å². The molecule has 2 aromatic rings. The first-order valence-corrected chi connectivity index (χ1v) is 7.52. The van der Waals surface area contributed by atoms with Gasteiger partial charge in [-0.3, -0.25) is 9.67 Å². The SMILES string of the molecule is CCOC(=O)c1nn(Cc2ccncc2)c2c1CN(C)CC2. The summed E-state index contributed by atoms with van der Waals surface area (Å²) in [7, 11) is 2.05. The van der Waals surface area contributed by atoms with Crippen molar-refractivity contribution in [3.8, 4) is 0 Å². The smallest absolute Gasteiger partial charge is 0.359 e. The molecule has 0 saturated heterocycles. The number of nitrogens with zero attached hydrogens (tertiary/aromatic N) is 4. The minimum absolute atomic E-state index is 0.331. The summed E-state index contributed by atoms with van der Waals surface area (Å²) in [5.74, 6) is -0.331. The van der Waals surface area contributed by atoms with Gasteiger partial charge in [0.25, 0.3) is 0 Å². The van der Waals surface area contributed by atoms with Crippen LogP contribution in [0.4, 0.5) is 0 Å². The van der Waals surface area contributed by atoms with Crippen molar-refractivity contribution in [3.05, 3.63) is 47.0 Å². The molecule has 0 aliphatic carbocycles. The lowest BCUT2D eigenvalue weighted by Crippen LogP contribution is -2.28. The third-order valence-corrected chi connectivity index (χ3v) is 3.88. The van der Waals surface area contributed by atoms with Crippen molar-refractivity contribution in [2.45, 2.75) is 26.4 Å². The van der Waals surface area contributed by atoms with E-state index in [1.165, 1.54) is 0 Å². The number of likely N-dealkylation sites (N-methyl/N-ethyl adjacent to an activating group) is 1. The zero-order valence-corrected chi connectivity index (χ0v) is 13.0. The lowest BCUT2D eigenvalue weighted by Gasteiger charge is -2.23. The van der Waals surface area contributed by atoms with E-state index >= 15 is 0 Å². The Bertz CT molecular complexity index is 666. The van der Waals surface area contributed by atoms with Crippen LogP contribution in [0.15, 0.2) is 24.5 Å². The van der Waals surface area contributed by atoms with E-state index in [1.807, 2.05) is 23.7 Å². The zero-order chi connectivity index (χ0) is 15.5. The van der Waals surface area contributed by atoms with Gasteiger partial charge in [-0.25, -0.2) is 4.79 Å². The summed E-state index contributed by atoms with van der Waals surface area (Å²) >= 11 is 0. The molecule has 0 saturated carbocycles. The molecule has 22 heavy (non-hydrogen) atoms. The molecule has 3 heterocycles. The molecule has 6 nitrogen and oxygen atoms in total. The minimum atomic E-state index is -0.331. The van der Waals surface area contributed by atoms with Crippen molar-refractivity contribution in [3.63, 3.8) is 0 Å². The number of pyridine rings is 1. The van der Waals surface area contributed by atoms with Gasteiger partial charge in [-0.05, 0) is 31.7 Å². The van der Waals surface area contributed by atoms with Gasteiger partial charge < -0.3 is 9.64 Å². The summed E-state index contributed by atoms with van der Waals surface area (Å²) in [6.45, 7) is 4.52. The second-order valence-corrected chi connectivity index (χ2v) is 5.50. The van der Waals surface area contributed by atoms with Gasteiger partial charge in [0.2, 0.25) is 0 Å². The highest BCUT2D eigenvalue weighted by Gasteiger charge is 2.27. The quantitative estimate of drug-likeness (QED) is 0.801. The Hall–Kier alpha value is -2.21. The number of ether oxygens (including phenoxy) is 1. The Balaban J connectivity index is 1.96. The van der Waals surface area contributed by atoms with Crippen molar-refractivity contribution in [1.29, 1.82) is 0 Å². The molecule has 0 aromatic carbocycles. The predicted octanol–water partition coefficient (Wildman–Crippen LogP) is 1.49. The molecule has 0 unspecified atom stereocenters. The number of carbonyl (C=O) groups excluding carboxylic acids is 1. The second-order valence-electron chi connectivity index (χ2n) is 5.50. The van der Waals surface area contributed by atoms with E-state index in [0.29, 0.717) is 18.8 Å². The molecule has 116 valence electrons. The molecular formula is C16H20N4O2. The molecular weight excluding hydrogens is 280 g/mol. The molecule has 0 radical (unpaired) electrons. The number of aromatic nitrogens is 3. The van der Waals surface area contributed by atoms with Crippen LogP contribution in [0.5, 0.6) is 0 Å². The van der Waals surface area contributed by atoms with E-state index in [-0.39, 0.29) is 5.97 Å². The van der Waals surface area contributed by atoms with Gasteiger partial charge in [-0.2, -0.15) is 5.10 Å². The van der Waals surface area contributed by atoms with Gasteiger partial charge >= 0.3 is 5.97 Å². The normalized spacial score (nSPS) is 14.6. The maximum atomic E-state index is 12.2. The Morgan fingerprint density at radius 2 is 2.14 bits per heavy atom. The van der Waals surface area contributed by atoms with Crippen LogP contribution in [0.1, 0.15) is 34.2 Å². The van der Waals surface area contributed by atoms with Crippen LogP contribution in [-0.4, -0.2) is 45.8 Å². The average molecular weight is 300 g/mol. The number of fused-ring (bicyclic) bond motifs is 1. The first-order chi connectivity index (χ1) is 10.7. The first kappa shape index (κ1) is 14.7. The summed E-state index contributed by atoms with van der Waals surface area (Å²) in [5, 5.41) is 4.54. The minimum Gasteiger partial charge on any atom is -0.461 e. The van der Waals surface area contributed by atoms with Crippen molar-refractivity contribution >= 4 is 5.97 Å². The van der Waals surface area contributed by atoms with Crippen LogP contribution in [0.3, 0.4) is 0 Å². The van der Waals surface area contributed by atoms with Gasteiger partial charge in [-0.1, -0.05) is 0 Å². The Morgan fingerprint density at radius 1 is 1.36 bits per heavy atom. The lowest BCUT2D eigenvalue weighted by atomic mass is 10.1. The van der Waals surface area contributed by atoms with E-state index in [0.717, 1.165) is 36.3 Å². The summed E-state index contributed by atoms with van der Waals surface area (Å²) in [4.78, 5) is 18.4. The molecule has 1 aliphatic heterocycles. The molecule has 0 fully saturated rings. The summed E-state index contributed by atoms with van der Waals surface area (Å²) in [6.07, 6.45) is 4.43. The Morgan fingerprint density at radius 3 is 2.86 bits per heavy atom. The molecule has 0 bridgehead atoms. The zero-order valence-electron chi connectivity index (χ0n) is 13.0. The van der Waals surface area contributed by atoms with Gasteiger partial charge in [0.15, 0.2) is 5.69 Å². The highest BCUT2D eigenvalue weighted by Crippen LogP contribution is 2.23. The maximum Gasteiger partial charge on any atom is 0.359 e. The highest BCUT2D eigenvalue weighted by atomic mass is 16.5. The number of carbonyl (C=O) groups is 1. The number of hydrogen-bond acceptors (Lipinski definition) is 5. The van der Waals surface area contributed by atoms with Gasteiger partial charge in [0, 0.05) is 43.2 Å². The van der Waals surface area contributed by atoms with E-state index in [1.54, 1.807) is 12.4 Å². The monoisotopic (exact) mass is 300 g/mol. The molecule has 3 rings (SSSR count). The third kappa shape index (κ3) is 2.87. The van der Waals surface area contributed by atoms with Crippen molar-refractivity contribution < 1.29 is 9.53 Å². The van der Waals surface area contributed by atoms with Crippen LogP contribution >= 0.6 is 0 Å². The molecule has 2 aromatic heterocycles. The molecule has 1 aliphatic rings. The van der Waals surface area contributed by atoms with E-state index in [2.05, 4.69) is 22.0 Å². The van der Waals surface area contributed by atoms with Crippen molar-refractivity contribution in [2.75, 3.05) is 20.2 Å². The fraction of sp³-hybridized carbons (Fsp3) is 0.438. The standard InChI is InChI=1S/C16H20N4O2/c1-3-22-16(21)15-13-11-19(2)9-6-14(13)20(18-15)10-12-4-7-17-8-5-12/h4-5,7-8H,3,6,9-11H2,1-2H3. The number of hydrogen-bond donors (Lipinski definition) is 0. The predicted molar refractivity (Wildman–Crippen MR) is 81.6 cm³/mol. The van der Waals surface area contributed by atoms with Crippen molar-refractivity contribution in [1.82, 2.24) is 19.7 Å². The Kier molecular flexibility index (Phi) is 4.20. The van der Waals surface area contributed by atoms with Gasteiger partial charge in [0.1, 0.15) is 0 Å². The van der Waals surface area contributed by atoms with Crippen LogP contribution in [0, 0.1) is 0 Å². The molecule has 0 amide bonds. The summed E-state index contributed by atoms with van der Waals surface area (Å²) in [6, 6.07) is 3.93. The van der Waals surface area contributed by atoms with E-state index < -0.39 is 0 Å². The second kappa shape index (κ2) is 6.27. The third-order valence-electron chi connectivity index (χ3n) is 3.88. The lowest BCUT2D eigenvalue weighted by molar-refractivity contribution is 0.0516. The van der Waals surface area contributed by atoms with Crippen LogP contribution in [0.25, 0.3) is 0 Å². The average Bonchev–Trinajstić information content (AvgIpc) is 2.86. The van der Waals surface area contributed by atoms with E-state index in [9.17, 15) is 4.79 Å². The number of rotatable bonds is 4. The maximum absolute atomic E-state index is 12.2. The van der Waals surface area contributed by atoms with Gasteiger partial charge in [0.05, 0.1) is 13.2 Å². The molecule has 0 atom stereocenters. The van der Waals surface area contributed by atoms with Crippen molar-refractivity contribution in [2.24, 2.45) is 0 Å². The fourth-order valence-corrected chi connectivity index (χ4v) is 2.78. The van der Waals surface area contributed by atoms with Crippen LogP contribution < -0.4 is 0 Å². The summed E-state index contributed by atoms with van der Waals surface area (Å²) in [5.41, 5.74) is 3.71. The molecule has 0 N–H and O–H groups in total. The molecule has 0 spiro atoms. The first-order valence-electron chi connectivity index (χ1n) is 7.52. The summed E-state index contributed by atoms with van der Waals surface area (Å²) < 4.78 is 7.08. The fourth-order valence-electron chi connectivity index (χ4n) is 2.78. The highest BCUT2D eigenvalue weighted by molar-refractivity contribution is 5.89. The topological polar surface area (TPSA) is 60.2 Å². The largest absolute Gasteiger partial charge is 0.461 e. The van der Waals surface area contributed by atoms with Crippen LogP contribution in [0.2, 0.25) is 0 Å². The van der Waals surface area contributed by atoms with Gasteiger partial charge in [-0.15, -0.1) is 0 Å². The molecule has 6 heteroatoms.